The minimum Gasteiger partial charge on any atom is -0.462 e. The third kappa shape index (κ3) is 2.74. The molecule has 0 fully saturated rings. The van der Waals surface area contributed by atoms with Crippen LogP contribution in [-0.2, 0) is 11.2 Å². The van der Waals surface area contributed by atoms with Gasteiger partial charge in [0, 0.05) is 5.56 Å². The van der Waals surface area contributed by atoms with Crippen LogP contribution in [0.4, 0.5) is 5.69 Å². The van der Waals surface area contributed by atoms with Crippen molar-refractivity contribution in [1.29, 1.82) is 0 Å². The van der Waals surface area contributed by atoms with Crippen molar-refractivity contribution in [3.63, 3.8) is 0 Å². The van der Waals surface area contributed by atoms with E-state index in [4.69, 9.17) is 16.3 Å². The lowest BCUT2D eigenvalue weighted by atomic mass is 10.0. The molecule has 0 N–H and O–H groups in total. The molecule has 0 saturated carbocycles. The molecule has 0 aliphatic carbocycles. The molecule has 1 aromatic rings. The number of carbonyl (C=O) groups excluding carboxylic acids is 1. The first-order chi connectivity index (χ1) is 8.02. The average molecular weight is 258 g/mol. The Labute approximate surface area is 103 Å². The van der Waals surface area contributed by atoms with Gasteiger partial charge >= 0.3 is 5.97 Å². The lowest BCUT2D eigenvalue weighted by Gasteiger charge is -2.08. The number of nitro groups is 1. The second-order valence-electron chi connectivity index (χ2n) is 3.25. The molecule has 0 bridgehead atoms. The smallest absolute Gasteiger partial charge is 0.338 e. The number of rotatable bonds is 4. The van der Waals surface area contributed by atoms with Crippen LogP contribution < -0.4 is 0 Å². The van der Waals surface area contributed by atoms with Crippen molar-refractivity contribution in [3.8, 4) is 0 Å². The molecule has 0 atom stereocenters. The zero-order chi connectivity index (χ0) is 13.0. The summed E-state index contributed by atoms with van der Waals surface area (Å²) in [4.78, 5) is 21.9. The number of hydrogen-bond donors (Lipinski definition) is 0. The Hall–Kier alpha value is -1.62. The number of halogens is 1. The third-order valence-corrected chi connectivity index (χ3v) is 2.57. The van der Waals surface area contributed by atoms with Crippen LogP contribution in [0, 0.1) is 10.1 Å². The fourth-order valence-corrected chi connectivity index (χ4v) is 1.81. The first-order valence-corrected chi connectivity index (χ1v) is 5.53. The number of esters is 1. The van der Waals surface area contributed by atoms with Gasteiger partial charge in [-0.25, -0.2) is 4.79 Å². The van der Waals surface area contributed by atoms with Crippen LogP contribution in [0.2, 0.25) is 5.02 Å². The van der Waals surface area contributed by atoms with Crippen LogP contribution in [0.25, 0.3) is 0 Å². The van der Waals surface area contributed by atoms with Crippen molar-refractivity contribution >= 4 is 23.3 Å². The van der Waals surface area contributed by atoms with Gasteiger partial charge in [-0.2, -0.15) is 0 Å². The van der Waals surface area contributed by atoms with Gasteiger partial charge in [-0.05, 0) is 25.5 Å². The summed E-state index contributed by atoms with van der Waals surface area (Å²) >= 11 is 5.76. The molecule has 17 heavy (non-hydrogen) atoms. The standard InChI is InChI=1S/C11H12ClNO4/c1-3-7-8(11(14)17-4-2)5-6-9(12)10(7)13(15)16/h5-6H,3-4H2,1-2H3. The molecule has 0 aliphatic rings. The first kappa shape index (κ1) is 13.4. The van der Waals surface area contributed by atoms with Crippen molar-refractivity contribution in [2.45, 2.75) is 20.3 Å². The summed E-state index contributed by atoms with van der Waals surface area (Å²) in [6.07, 6.45) is 0.338. The first-order valence-electron chi connectivity index (χ1n) is 5.15. The summed E-state index contributed by atoms with van der Waals surface area (Å²) in [6, 6.07) is 2.79. The minimum absolute atomic E-state index is 0.0277. The molecule has 0 amide bonds. The van der Waals surface area contributed by atoms with E-state index in [1.807, 2.05) is 0 Å². The maximum atomic E-state index is 11.6. The summed E-state index contributed by atoms with van der Waals surface area (Å²) in [6.45, 7) is 3.62. The minimum atomic E-state index is -0.579. The van der Waals surface area contributed by atoms with E-state index in [2.05, 4.69) is 0 Å². The largest absolute Gasteiger partial charge is 0.462 e. The monoisotopic (exact) mass is 257 g/mol. The normalized spacial score (nSPS) is 10.1. The second-order valence-corrected chi connectivity index (χ2v) is 3.66. The predicted molar refractivity (Wildman–Crippen MR) is 63.4 cm³/mol. The maximum absolute atomic E-state index is 11.6. The summed E-state index contributed by atoms with van der Waals surface area (Å²) in [7, 11) is 0. The average Bonchev–Trinajstić information content (AvgIpc) is 2.27. The van der Waals surface area contributed by atoms with E-state index >= 15 is 0 Å². The van der Waals surface area contributed by atoms with Crippen LogP contribution >= 0.6 is 11.6 Å². The predicted octanol–water partition coefficient (Wildman–Crippen LogP) is 2.99. The van der Waals surface area contributed by atoms with Crippen LogP contribution in [0.15, 0.2) is 12.1 Å². The molecule has 0 radical (unpaired) electrons. The molecule has 0 unspecified atom stereocenters. The van der Waals surface area contributed by atoms with Crippen molar-refractivity contribution < 1.29 is 14.5 Å². The van der Waals surface area contributed by atoms with Gasteiger partial charge in [0.15, 0.2) is 0 Å². The lowest BCUT2D eigenvalue weighted by Crippen LogP contribution is -2.10. The van der Waals surface area contributed by atoms with E-state index < -0.39 is 10.9 Å². The molecular weight excluding hydrogens is 246 g/mol. The Morgan fingerprint density at radius 1 is 1.47 bits per heavy atom. The number of ether oxygens (including phenoxy) is 1. The molecule has 0 saturated heterocycles. The molecule has 0 heterocycles. The molecule has 1 aromatic carbocycles. The van der Waals surface area contributed by atoms with Gasteiger partial charge in [0.2, 0.25) is 0 Å². The summed E-state index contributed by atoms with van der Waals surface area (Å²) in [5, 5.41) is 10.9. The fourth-order valence-electron chi connectivity index (χ4n) is 1.56. The Morgan fingerprint density at radius 2 is 2.12 bits per heavy atom. The molecule has 5 nitrogen and oxygen atoms in total. The molecular formula is C11H12ClNO4. The Bertz CT molecular complexity index is 459. The molecule has 1 rings (SSSR count). The van der Waals surface area contributed by atoms with E-state index in [1.165, 1.54) is 12.1 Å². The lowest BCUT2D eigenvalue weighted by molar-refractivity contribution is -0.385. The van der Waals surface area contributed by atoms with Gasteiger partial charge in [-0.15, -0.1) is 0 Å². The van der Waals surface area contributed by atoms with Crippen molar-refractivity contribution in [3.05, 3.63) is 38.4 Å². The van der Waals surface area contributed by atoms with E-state index in [0.29, 0.717) is 12.0 Å². The van der Waals surface area contributed by atoms with E-state index in [9.17, 15) is 14.9 Å². The fraction of sp³-hybridized carbons (Fsp3) is 0.364. The molecule has 0 aliphatic heterocycles. The van der Waals surface area contributed by atoms with Gasteiger partial charge in [-0.1, -0.05) is 18.5 Å². The highest BCUT2D eigenvalue weighted by atomic mass is 35.5. The molecule has 0 aromatic heterocycles. The van der Waals surface area contributed by atoms with Gasteiger partial charge in [-0.3, -0.25) is 10.1 Å². The number of hydrogen-bond acceptors (Lipinski definition) is 4. The topological polar surface area (TPSA) is 69.4 Å². The summed E-state index contributed by atoms with van der Waals surface area (Å²) in [5.41, 5.74) is 0.283. The number of nitro benzene ring substituents is 1. The van der Waals surface area contributed by atoms with Crippen LogP contribution in [0.1, 0.15) is 29.8 Å². The highest BCUT2D eigenvalue weighted by molar-refractivity contribution is 6.33. The van der Waals surface area contributed by atoms with Crippen molar-refractivity contribution in [2.75, 3.05) is 6.61 Å². The third-order valence-electron chi connectivity index (χ3n) is 2.26. The summed E-state index contributed by atoms with van der Waals surface area (Å²) < 4.78 is 4.84. The molecule has 0 spiro atoms. The highest BCUT2D eigenvalue weighted by Gasteiger charge is 2.24. The Morgan fingerprint density at radius 3 is 2.59 bits per heavy atom. The quantitative estimate of drug-likeness (QED) is 0.472. The Kier molecular flexibility index (Phi) is 4.45. The van der Waals surface area contributed by atoms with Crippen LogP contribution in [0.3, 0.4) is 0 Å². The zero-order valence-electron chi connectivity index (χ0n) is 9.53. The molecule has 6 heteroatoms. The molecule has 92 valence electrons. The van der Waals surface area contributed by atoms with E-state index in [-0.39, 0.29) is 22.9 Å². The van der Waals surface area contributed by atoms with Crippen LogP contribution in [0.5, 0.6) is 0 Å². The van der Waals surface area contributed by atoms with Crippen molar-refractivity contribution in [2.24, 2.45) is 0 Å². The van der Waals surface area contributed by atoms with Crippen LogP contribution in [-0.4, -0.2) is 17.5 Å². The van der Waals surface area contributed by atoms with Gasteiger partial charge in [0.1, 0.15) is 5.02 Å². The maximum Gasteiger partial charge on any atom is 0.338 e. The highest BCUT2D eigenvalue weighted by Crippen LogP contribution is 2.31. The van der Waals surface area contributed by atoms with Gasteiger partial charge in [0.05, 0.1) is 17.1 Å². The van der Waals surface area contributed by atoms with Gasteiger partial charge in [0.25, 0.3) is 5.69 Å². The zero-order valence-corrected chi connectivity index (χ0v) is 10.3. The van der Waals surface area contributed by atoms with E-state index in [0.717, 1.165) is 0 Å². The SMILES string of the molecule is CCOC(=O)c1ccc(Cl)c([N+](=O)[O-])c1CC. The number of carbonyl (C=O) groups is 1. The number of benzene rings is 1. The van der Waals surface area contributed by atoms with Crippen molar-refractivity contribution in [1.82, 2.24) is 0 Å². The van der Waals surface area contributed by atoms with E-state index in [1.54, 1.807) is 13.8 Å². The second kappa shape index (κ2) is 5.63. The number of nitrogens with zero attached hydrogens (tertiary/aromatic N) is 1. The Balaban J connectivity index is 3.38. The summed E-state index contributed by atoms with van der Waals surface area (Å²) in [5.74, 6) is -0.566. The van der Waals surface area contributed by atoms with Gasteiger partial charge < -0.3 is 4.74 Å².